The van der Waals surface area contributed by atoms with Gasteiger partial charge in [0, 0.05) is 26.2 Å². The Morgan fingerprint density at radius 2 is 2.21 bits per heavy atom. The van der Waals surface area contributed by atoms with Crippen LogP contribution in [0.3, 0.4) is 0 Å². The molecule has 1 aliphatic rings. The second kappa shape index (κ2) is 6.70. The standard InChI is InChI=1S/C15H22N6O3/c1-9-5-13(20(4)18-9)17-14(22)8-21-6-10(2)23-12(7-21)15-16-11(3)19-24-15/h5,10,12H,6-8H2,1-4H3,(H,17,22)/t10-,12-/m1/s1. The van der Waals surface area contributed by atoms with Gasteiger partial charge in [-0.3, -0.25) is 14.4 Å². The van der Waals surface area contributed by atoms with E-state index in [1.807, 2.05) is 24.8 Å². The Hall–Kier alpha value is -2.26. The van der Waals surface area contributed by atoms with Crippen LogP contribution in [0, 0.1) is 13.8 Å². The van der Waals surface area contributed by atoms with E-state index in [0.29, 0.717) is 30.6 Å². The van der Waals surface area contributed by atoms with E-state index in [1.165, 1.54) is 0 Å². The number of carbonyl (C=O) groups is 1. The molecule has 3 heterocycles. The quantitative estimate of drug-likeness (QED) is 0.884. The van der Waals surface area contributed by atoms with E-state index < -0.39 is 0 Å². The third kappa shape index (κ3) is 3.80. The maximum Gasteiger partial charge on any atom is 0.257 e. The first kappa shape index (κ1) is 16.6. The Balaban J connectivity index is 1.61. The minimum absolute atomic E-state index is 0.0253. The van der Waals surface area contributed by atoms with Crippen molar-refractivity contribution >= 4 is 11.7 Å². The molecule has 0 aromatic carbocycles. The molecular weight excluding hydrogens is 312 g/mol. The SMILES string of the molecule is Cc1cc(NC(=O)CN2C[C@@H](C)O[C@@H](c3nc(C)no3)C2)n(C)n1. The molecule has 1 fully saturated rings. The van der Waals surface area contributed by atoms with E-state index in [2.05, 4.69) is 20.6 Å². The summed E-state index contributed by atoms with van der Waals surface area (Å²) in [5.41, 5.74) is 0.861. The number of carbonyl (C=O) groups excluding carboxylic acids is 1. The average molecular weight is 334 g/mol. The highest BCUT2D eigenvalue weighted by molar-refractivity contribution is 5.91. The van der Waals surface area contributed by atoms with Crippen LogP contribution in [0.5, 0.6) is 0 Å². The molecule has 0 bridgehead atoms. The molecule has 0 aliphatic carbocycles. The van der Waals surface area contributed by atoms with Crippen molar-refractivity contribution in [2.45, 2.75) is 33.0 Å². The third-order valence-electron chi connectivity index (χ3n) is 3.79. The molecule has 1 N–H and O–H groups in total. The number of aromatic nitrogens is 4. The highest BCUT2D eigenvalue weighted by Crippen LogP contribution is 2.23. The molecule has 2 aromatic heterocycles. The molecular formula is C15H22N6O3. The number of nitrogens with zero attached hydrogens (tertiary/aromatic N) is 5. The zero-order chi connectivity index (χ0) is 17.3. The smallest absolute Gasteiger partial charge is 0.257 e. The number of hydrogen-bond donors (Lipinski definition) is 1. The number of nitrogens with one attached hydrogen (secondary N) is 1. The van der Waals surface area contributed by atoms with Crippen LogP contribution in [0.15, 0.2) is 10.6 Å². The molecule has 3 rings (SSSR count). The molecule has 0 saturated carbocycles. The number of amides is 1. The molecule has 0 radical (unpaired) electrons. The van der Waals surface area contributed by atoms with E-state index in [1.54, 1.807) is 18.7 Å². The van der Waals surface area contributed by atoms with Crippen molar-refractivity contribution in [1.82, 2.24) is 24.8 Å². The van der Waals surface area contributed by atoms with Crippen LogP contribution in [-0.2, 0) is 16.6 Å². The number of aryl methyl sites for hydroxylation is 3. The Bertz CT molecular complexity index is 725. The normalized spacial score (nSPS) is 21.8. The molecule has 0 spiro atoms. The van der Waals surface area contributed by atoms with Crippen LogP contribution < -0.4 is 5.32 Å². The zero-order valence-electron chi connectivity index (χ0n) is 14.3. The van der Waals surface area contributed by atoms with Crippen molar-refractivity contribution in [2.75, 3.05) is 25.0 Å². The minimum atomic E-state index is -0.318. The van der Waals surface area contributed by atoms with E-state index in [0.717, 1.165) is 5.69 Å². The molecule has 0 unspecified atom stereocenters. The van der Waals surface area contributed by atoms with Crippen LogP contribution >= 0.6 is 0 Å². The maximum absolute atomic E-state index is 12.3. The van der Waals surface area contributed by atoms with Crippen molar-refractivity contribution in [2.24, 2.45) is 7.05 Å². The lowest BCUT2D eigenvalue weighted by Crippen LogP contribution is -2.46. The first-order chi connectivity index (χ1) is 11.4. The summed E-state index contributed by atoms with van der Waals surface area (Å²) >= 11 is 0. The van der Waals surface area contributed by atoms with Gasteiger partial charge in [0.05, 0.1) is 18.3 Å². The van der Waals surface area contributed by atoms with Crippen LogP contribution in [0.25, 0.3) is 0 Å². The van der Waals surface area contributed by atoms with Gasteiger partial charge < -0.3 is 14.6 Å². The monoisotopic (exact) mass is 334 g/mol. The molecule has 2 aromatic rings. The molecule has 2 atom stereocenters. The lowest BCUT2D eigenvalue weighted by atomic mass is 10.2. The van der Waals surface area contributed by atoms with Gasteiger partial charge in [0.15, 0.2) is 5.82 Å². The summed E-state index contributed by atoms with van der Waals surface area (Å²) in [5, 5.41) is 10.9. The number of rotatable bonds is 4. The summed E-state index contributed by atoms with van der Waals surface area (Å²) < 4.78 is 12.7. The predicted molar refractivity (Wildman–Crippen MR) is 85.3 cm³/mol. The molecule has 130 valence electrons. The fourth-order valence-corrected chi connectivity index (χ4v) is 2.86. The van der Waals surface area contributed by atoms with Crippen LogP contribution in [0.4, 0.5) is 5.82 Å². The summed E-state index contributed by atoms with van der Waals surface area (Å²) in [5.74, 6) is 1.62. The van der Waals surface area contributed by atoms with Crippen LogP contribution in [0.2, 0.25) is 0 Å². The molecule has 1 saturated heterocycles. The summed E-state index contributed by atoms with van der Waals surface area (Å²) in [6.45, 7) is 7.08. The third-order valence-corrected chi connectivity index (χ3v) is 3.79. The van der Waals surface area contributed by atoms with E-state index in [4.69, 9.17) is 9.26 Å². The van der Waals surface area contributed by atoms with E-state index >= 15 is 0 Å². The number of anilines is 1. The van der Waals surface area contributed by atoms with Gasteiger partial charge in [-0.05, 0) is 20.8 Å². The molecule has 24 heavy (non-hydrogen) atoms. The summed E-state index contributed by atoms with van der Waals surface area (Å²) in [7, 11) is 1.80. The first-order valence-electron chi connectivity index (χ1n) is 7.89. The van der Waals surface area contributed by atoms with Crippen molar-refractivity contribution < 1.29 is 14.1 Å². The Morgan fingerprint density at radius 1 is 1.42 bits per heavy atom. The lowest BCUT2D eigenvalue weighted by molar-refractivity contribution is -0.123. The molecule has 9 nitrogen and oxygen atoms in total. The number of hydrogen-bond acceptors (Lipinski definition) is 7. The van der Waals surface area contributed by atoms with Crippen molar-refractivity contribution in [3.63, 3.8) is 0 Å². The first-order valence-corrected chi connectivity index (χ1v) is 7.89. The minimum Gasteiger partial charge on any atom is -0.363 e. The van der Waals surface area contributed by atoms with Gasteiger partial charge in [-0.25, -0.2) is 0 Å². The highest BCUT2D eigenvalue weighted by atomic mass is 16.5. The Kier molecular flexibility index (Phi) is 4.63. The van der Waals surface area contributed by atoms with Crippen molar-refractivity contribution in [1.29, 1.82) is 0 Å². The fourth-order valence-electron chi connectivity index (χ4n) is 2.86. The van der Waals surface area contributed by atoms with Gasteiger partial charge in [-0.2, -0.15) is 10.1 Å². The van der Waals surface area contributed by atoms with E-state index in [-0.39, 0.29) is 24.7 Å². The fraction of sp³-hybridized carbons (Fsp3) is 0.600. The predicted octanol–water partition coefficient (Wildman–Crippen LogP) is 0.820. The van der Waals surface area contributed by atoms with Gasteiger partial charge >= 0.3 is 0 Å². The summed E-state index contributed by atoms with van der Waals surface area (Å²) in [4.78, 5) is 18.6. The van der Waals surface area contributed by atoms with Crippen LogP contribution in [0.1, 0.15) is 30.4 Å². The molecule has 9 heteroatoms. The summed E-state index contributed by atoms with van der Waals surface area (Å²) in [6, 6.07) is 1.84. The largest absolute Gasteiger partial charge is 0.363 e. The van der Waals surface area contributed by atoms with Gasteiger partial charge in [-0.1, -0.05) is 5.16 Å². The van der Waals surface area contributed by atoms with E-state index in [9.17, 15) is 4.79 Å². The average Bonchev–Trinajstić information content (AvgIpc) is 3.04. The second-order valence-corrected chi connectivity index (χ2v) is 6.15. The van der Waals surface area contributed by atoms with Gasteiger partial charge in [0.2, 0.25) is 5.91 Å². The highest BCUT2D eigenvalue weighted by Gasteiger charge is 2.31. The molecule has 1 aliphatic heterocycles. The lowest BCUT2D eigenvalue weighted by Gasteiger charge is -2.34. The maximum atomic E-state index is 12.3. The van der Waals surface area contributed by atoms with Crippen molar-refractivity contribution in [3.8, 4) is 0 Å². The topological polar surface area (TPSA) is 98.3 Å². The van der Waals surface area contributed by atoms with Gasteiger partial charge in [-0.15, -0.1) is 0 Å². The van der Waals surface area contributed by atoms with Gasteiger partial charge in [0.1, 0.15) is 11.9 Å². The Labute approximate surface area is 140 Å². The zero-order valence-corrected chi connectivity index (χ0v) is 14.3. The molecule has 1 amide bonds. The van der Waals surface area contributed by atoms with Crippen molar-refractivity contribution in [3.05, 3.63) is 23.5 Å². The van der Waals surface area contributed by atoms with Crippen LogP contribution in [-0.4, -0.2) is 56.5 Å². The number of ether oxygens (including phenoxy) is 1. The number of morpholine rings is 1. The second-order valence-electron chi connectivity index (χ2n) is 6.15. The summed E-state index contributed by atoms with van der Waals surface area (Å²) in [6.07, 6.45) is -0.343. The van der Waals surface area contributed by atoms with Gasteiger partial charge in [0.25, 0.3) is 5.89 Å². The Morgan fingerprint density at radius 3 is 2.83 bits per heavy atom.